The van der Waals surface area contributed by atoms with Crippen LogP contribution >= 0.6 is 15.9 Å². The van der Waals surface area contributed by atoms with Crippen molar-refractivity contribution < 1.29 is 14.7 Å². The number of allylic oxidation sites excluding steroid dienone is 2. The SMILES string of the molecule is O=C(Nc1ccc(Br)cc1)[C@H]1CC=CC[C@H]1C(=O)O. The van der Waals surface area contributed by atoms with Gasteiger partial charge in [-0.2, -0.15) is 0 Å². The zero-order valence-electron chi connectivity index (χ0n) is 10.2. The van der Waals surface area contributed by atoms with E-state index in [0.717, 1.165) is 4.47 Å². The van der Waals surface area contributed by atoms with Crippen LogP contribution in [0.1, 0.15) is 12.8 Å². The van der Waals surface area contributed by atoms with Gasteiger partial charge in [-0.15, -0.1) is 0 Å². The van der Waals surface area contributed by atoms with E-state index in [0.29, 0.717) is 18.5 Å². The van der Waals surface area contributed by atoms with Crippen LogP contribution in [0.3, 0.4) is 0 Å². The Morgan fingerprint density at radius 1 is 1.11 bits per heavy atom. The number of hydrogen-bond acceptors (Lipinski definition) is 2. The molecule has 1 amide bonds. The van der Waals surface area contributed by atoms with Crippen molar-refractivity contribution in [1.82, 2.24) is 0 Å². The van der Waals surface area contributed by atoms with E-state index in [2.05, 4.69) is 21.2 Å². The van der Waals surface area contributed by atoms with Gasteiger partial charge in [0.2, 0.25) is 5.91 Å². The molecule has 19 heavy (non-hydrogen) atoms. The summed E-state index contributed by atoms with van der Waals surface area (Å²) in [5.41, 5.74) is 0.673. The van der Waals surface area contributed by atoms with Gasteiger partial charge >= 0.3 is 5.97 Å². The average molecular weight is 324 g/mol. The second-order valence-electron chi connectivity index (χ2n) is 4.49. The van der Waals surface area contributed by atoms with Crippen molar-refractivity contribution in [3.63, 3.8) is 0 Å². The van der Waals surface area contributed by atoms with E-state index >= 15 is 0 Å². The van der Waals surface area contributed by atoms with Crippen LogP contribution in [0.4, 0.5) is 5.69 Å². The molecule has 4 nitrogen and oxygen atoms in total. The fourth-order valence-electron chi connectivity index (χ4n) is 2.15. The zero-order chi connectivity index (χ0) is 13.8. The molecular weight excluding hydrogens is 310 g/mol. The summed E-state index contributed by atoms with van der Waals surface area (Å²) < 4.78 is 0.925. The maximum Gasteiger partial charge on any atom is 0.307 e. The predicted molar refractivity (Wildman–Crippen MR) is 75.8 cm³/mol. The molecule has 0 saturated carbocycles. The second kappa shape index (κ2) is 6.02. The lowest BCUT2D eigenvalue weighted by molar-refractivity contribution is -0.146. The Morgan fingerprint density at radius 2 is 1.68 bits per heavy atom. The quantitative estimate of drug-likeness (QED) is 0.840. The molecule has 0 unspecified atom stereocenters. The van der Waals surface area contributed by atoms with Crippen molar-refractivity contribution in [2.24, 2.45) is 11.8 Å². The van der Waals surface area contributed by atoms with Gasteiger partial charge in [-0.25, -0.2) is 0 Å². The van der Waals surface area contributed by atoms with Crippen molar-refractivity contribution in [3.05, 3.63) is 40.9 Å². The lowest BCUT2D eigenvalue weighted by Gasteiger charge is -2.24. The van der Waals surface area contributed by atoms with Crippen LogP contribution < -0.4 is 5.32 Å². The fourth-order valence-corrected chi connectivity index (χ4v) is 2.41. The number of aliphatic carboxylic acids is 1. The molecule has 100 valence electrons. The number of rotatable bonds is 3. The van der Waals surface area contributed by atoms with Crippen LogP contribution in [0.25, 0.3) is 0 Å². The van der Waals surface area contributed by atoms with Crippen LogP contribution in [-0.4, -0.2) is 17.0 Å². The number of carbonyl (C=O) groups is 2. The van der Waals surface area contributed by atoms with Crippen LogP contribution in [-0.2, 0) is 9.59 Å². The van der Waals surface area contributed by atoms with E-state index in [1.54, 1.807) is 12.1 Å². The molecule has 0 saturated heterocycles. The van der Waals surface area contributed by atoms with Crippen molar-refractivity contribution in [2.75, 3.05) is 5.32 Å². The molecule has 2 rings (SSSR count). The predicted octanol–water partition coefficient (Wildman–Crippen LogP) is 3.05. The van der Waals surface area contributed by atoms with Crippen LogP contribution in [0, 0.1) is 11.8 Å². The first-order valence-corrected chi connectivity index (χ1v) is 6.81. The molecule has 0 radical (unpaired) electrons. The van der Waals surface area contributed by atoms with Crippen molar-refractivity contribution in [1.29, 1.82) is 0 Å². The summed E-state index contributed by atoms with van der Waals surface area (Å²) in [6, 6.07) is 7.20. The van der Waals surface area contributed by atoms with Crippen LogP contribution in [0.15, 0.2) is 40.9 Å². The molecule has 0 heterocycles. The highest BCUT2D eigenvalue weighted by atomic mass is 79.9. The summed E-state index contributed by atoms with van der Waals surface area (Å²) in [6.07, 6.45) is 4.57. The number of anilines is 1. The summed E-state index contributed by atoms with van der Waals surface area (Å²) in [6.45, 7) is 0. The van der Waals surface area contributed by atoms with Crippen molar-refractivity contribution in [3.8, 4) is 0 Å². The number of hydrogen-bond donors (Lipinski definition) is 2. The van der Waals surface area contributed by atoms with Gasteiger partial charge in [-0.1, -0.05) is 28.1 Å². The van der Waals surface area contributed by atoms with E-state index < -0.39 is 17.8 Å². The minimum atomic E-state index is -0.916. The third-order valence-corrected chi connectivity index (χ3v) is 3.73. The van der Waals surface area contributed by atoms with Gasteiger partial charge in [-0.3, -0.25) is 9.59 Å². The Bertz CT molecular complexity index is 510. The monoisotopic (exact) mass is 323 g/mol. The normalized spacial score (nSPS) is 21.9. The topological polar surface area (TPSA) is 66.4 Å². The van der Waals surface area contributed by atoms with Crippen molar-refractivity contribution >= 4 is 33.5 Å². The first-order chi connectivity index (χ1) is 9.08. The maximum absolute atomic E-state index is 12.1. The smallest absolute Gasteiger partial charge is 0.307 e. The number of carbonyl (C=O) groups excluding carboxylic acids is 1. The molecule has 1 aromatic rings. The lowest BCUT2D eigenvalue weighted by Crippen LogP contribution is -2.34. The van der Waals surface area contributed by atoms with Gasteiger partial charge < -0.3 is 10.4 Å². The summed E-state index contributed by atoms with van der Waals surface area (Å²) in [7, 11) is 0. The number of nitrogens with one attached hydrogen (secondary N) is 1. The van der Waals surface area contributed by atoms with Gasteiger partial charge in [0.25, 0.3) is 0 Å². The van der Waals surface area contributed by atoms with Crippen molar-refractivity contribution in [2.45, 2.75) is 12.8 Å². The lowest BCUT2D eigenvalue weighted by atomic mass is 9.82. The molecule has 1 aromatic carbocycles. The van der Waals surface area contributed by atoms with Gasteiger partial charge in [-0.05, 0) is 37.1 Å². The third-order valence-electron chi connectivity index (χ3n) is 3.20. The van der Waals surface area contributed by atoms with Gasteiger partial charge in [0.05, 0.1) is 11.8 Å². The molecule has 0 bridgehead atoms. The van der Waals surface area contributed by atoms with Crippen LogP contribution in [0.2, 0.25) is 0 Å². The molecule has 2 N–H and O–H groups in total. The van der Waals surface area contributed by atoms with E-state index in [1.807, 2.05) is 24.3 Å². The largest absolute Gasteiger partial charge is 0.481 e. The van der Waals surface area contributed by atoms with Gasteiger partial charge in [0.15, 0.2) is 0 Å². The summed E-state index contributed by atoms with van der Waals surface area (Å²) in [4.78, 5) is 23.3. The molecular formula is C14H14BrNO3. The maximum atomic E-state index is 12.1. The molecule has 0 fully saturated rings. The molecule has 0 aliphatic heterocycles. The molecule has 2 atom stereocenters. The standard InChI is InChI=1S/C14H14BrNO3/c15-9-5-7-10(8-6-9)16-13(17)11-3-1-2-4-12(11)14(18)19/h1-2,5-8,11-12H,3-4H2,(H,16,17)(H,18,19)/t11-,12+/m0/s1. The number of carboxylic acids is 1. The molecule has 5 heteroatoms. The van der Waals surface area contributed by atoms with E-state index in [9.17, 15) is 9.59 Å². The summed E-state index contributed by atoms with van der Waals surface area (Å²) in [5.74, 6) is -2.30. The van der Waals surface area contributed by atoms with E-state index in [1.165, 1.54) is 0 Å². The van der Waals surface area contributed by atoms with E-state index in [-0.39, 0.29) is 5.91 Å². The first-order valence-electron chi connectivity index (χ1n) is 6.02. The Balaban J connectivity index is 2.08. The summed E-state index contributed by atoms with van der Waals surface area (Å²) in [5, 5.41) is 11.9. The molecule has 0 aromatic heterocycles. The molecule has 1 aliphatic rings. The number of halogens is 1. The van der Waals surface area contributed by atoms with Gasteiger partial charge in [0.1, 0.15) is 0 Å². The first kappa shape index (κ1) is 13.8. The average Bonchev–Trinajstić information content (AvgIpc) is 2.41. The van der Waals surface area contributed by atoms with Crippen LogP contribution in [0.5, 0.6) is 0 Å². The molecule has 0 spiro atoms. The zero-order valence-corrected chi connectivity index (χ0v) is 11.8. The number of benzene rings is 1. The minimum Gasteiger partial charge on any atom is -0.481 e. The number of carboxylic acid groups (broad SMARTS) is 1. The minimum absolute atomic E-state index is 0.237. The third kappa shape index (κ3) is 3.44. The Kier molecular flexibility index (Phi) is 4.37. The summed E-state index contributed by atoms with van der Waals surface area (Å²) >= 11 is 3.32. The highest BCUT2D eigenvalue weighted by Crippen LogP contribution is 2.27. The Morgan fingerprint density at radius 3 is 2.26 bits per heavy atom. The molecule has 1 aliphatic carbocycles. The highest BCUT2D eigenvalue weighted by molar-refractivity contribution is 9.10. The Labute approximate surface area is 119 Å². The number of amides is 1. The van der Waals surface area contributed by atoms with Gasteiger partial charge in [0, 0.05) is 10.2 Å². The highest BCUT2D eigenvalue weighted by Gasteiger charge is 2.33. The fraction of sp³-hybridized carbons (Fsp3) is 0.286. The Hall–Kier alpha value is -1.62. The second-order valence-corrected chi connectivity index (χ2v) is 5.41. The van der Waals surface area contributed by atoms with E-state index in [4.69, 9.17) is 5.11 Å².